The zero-order valence-corrected chi connectivity index (χ0v) is 19.0. The molecule has 1 aliphatic carbocycles. The van der Waals surface area contributed by atoms with E-state index in [1.54, 1.807) is 24.3 Å². The summed E-state index contributed by atoms with van der Waals surface area (Å²) in [4.78, 5) is 65.6. The molecule has 1 unspecified atom stereocenters. The summed E-state index contributed by atoms with van der Waals surface area (Å²) < 4.78 is 5.33. The normalized spacial score (nSPS) is 20.8. The fraction of sp³-hybridized carbons (Fsp3) is 0.304. The fourth-order valence-corrected chi connectivity index (χ4v) is 4.89. The van der Waals surface area contributed by atoms with Crippen molar-refractivity contribution in [1.82, 2.24) is 4.90 Å². The molecule has 11 nitrogen and oxygen atoms in total. The maximum atomic E-state index is 13.5. The van der Waals surface area contributed by atoms with Gasteiger partial charge in [0.25, 0.3) is 17.5 Å². The van der Waals surface area contributed by atoms with Crippen molar-refractivity contribution in [3.63, 3.8) is 0 Å². The summed E-state index contributed by atoms with van der Waals surface area (Å²) >= 11 is 5.88. The molecule has 180 valence electrons. The first-order chi connectivity index (χ1) is 16.7. The molecule has 2 heterocycles. The lowest BCUT2D eigenvalue weighted by molar-refractivity contribution is -0.383. The standard InChI is InChI=1S/C23H19ClN4O7/c24-13-5-8-18(28(33)34)16(11-13)25-19(29)12-35-22(32)23-10-9-20(30)27(23)17-4-2-1-3-15(17)21(31)26(23)14-6-7-14/h1-5,8,11,14H,6-7,9-10,12H2,(H,25,29). The molecular formula is C23H19ClN4O7. The van der Waals surface area contributed by atoms with Crippen LogP contribution < -0.4 is 10.2 Å². The maximum absolute atomic E-state index is 13.5. The molecule has 35 heavy (non-hydrogen) atoms. The van der Waals surface area contributed by atoms with Gasteiger partial charge in [0.2, 0.25) is 11.6 Å². The van der Waals surface area contributed by atoms with Crippen LogP contribution in [0.25, 0.3) is 0 Å². The molecular weight excluding hydrogens is 480 g/mol. The van der Waals surface area contributed by atoms with Gasteiger partial charge in [-0.25, -0.2) is 4.79 Å². The number of nitro groups is 1. The number of hydrogen-bond acceptors (Lipinski definition) is 7. The summed E-state index contributed by atoms with van der Waals surface area (Å²) in [5, 5.41) is 13.7. The van der Waals surface area contributed by atoms with Crippen LogP contribution in [0.1, 0.15) is 36.0 Å². The van der Waals surface area contributed by atoms with Crippen molar-refractivity contribution >= 4 is 52.4 Å². The van der Waals surface area contributed by atoms with E-state index in [1.807, 2.05) is 0 Å². The summed E-state index contributed by atoms with van der Waals surface area (Å²) in [6, 6.07) is 10.0. The Balaban J connectivity index is 1.41. The van der Waals surface area contributed by atoms with Gasteiger partial charge in [-0.3, -0.25) is 29.4 Å². The summed E-state index contributed by atoms with van der Waals surface area (Å²) in [5.41, 5.74) is -1.57. The number of anilines is 2. The Morgan fingerprint density at radius 1 is 1.20 bits per heavy atom. The molecule has 1 saturated heterocycles. The highest BCUT2D eigenvalue weighted by atomic mass is 35.5. The predicted octanol–water partition coefficient (Wildman–Crippen LogP) is 2.87. The number of ether oxygens (including phenoxy) is 1. The maximum Gasteiger partial charge on any atom is 0.354 e. The van der Waals surface area contributed by atoms with Gasteiger partial charge in [0, 0.05) is 30.0 Å². The number of benzene rings is 2. The molecule has 0 spiro atoms. The first kappa shape index (κ1) is 22.8. The average Bonchev–Trinajstić information content (AvgIpc) is 3.59. The molecule has 0 bridgehead atoms. The number of hydrogen-bond donors (Lipinski definition) is 1. The molecule has 2 aliphatic heterocycles. The number of esters is 1. The first-order valence-corrected chi connectivity index (χ1v) is 11.3. The quantitative estimate of drug-likeness (QED) is 0.367. The van der Waals surface area contributed by atoms with Crippen molar-refractivity contribution in [2.24, 2.45) is 0 Å². The van der Waals surface area contributed by atoms with Gasteiger partial charge in [0.15, 0.2) is 6.61 Å². The van der Waals surface area contributed by atoms with E-state index >= 15 is 0 Å². The number of fused-ring (bicyclic) bond motifs is 3. The molecule has 1 saturated carbocycles. The molecule has 12 heteroatoms. The van der Waals surface area contributed by atoms with E-state index in [2.05, 4.69) is 5.32 Å². The smallest absolute Gasteiger partial charge is 0.354 e. The minimum absolute atomic E-state index is 0.0286. The van der Waals surface area contributed by atoms with Crippen LogP contribution in [0.4, 0.5) is 17.1 Å². The van der Waals surface area contributed by atoms with Gasteiger partial charge in [-0.15, -0.1) is 0 Å². The number of carbonyl (C=O) groups excluding carboxylic acids is 4. The predicted molar refractivity (Wildman–Crippen MR) is 123 cm³/mol. The van der Waals surface area contributed by atoms with Gasteiger partial charge in [0.1, 0.15) is 5.69 Å². The highest BCUT2D eigenvalue weighted by molar-refractivity contribution is 6.31. The monoisotopic (exact) mass is 498 g/mol. The third kappa shape index (κ3) is 3.68. The Hall–Kier alpha value is -3.99. The van der Waals surface area contributed by atoms with Crippen LogP contribution in [-0.4, -0.2) is 51.8 Å². The number of para-hydroxylation sites is 1. The van der Waals surface area contributed by atoms with Crippen molar-refractivity contribution in [2.75, 3.05) is 16.8 Å². The summed E-state index contributed by atoms with van der Waals surface area (Å²) in [6.07, 6.45) is 1.43. The van der Waals surface area contributed by atoms with Gasteiger partial charge >= 0.3 is 5.97 Å². The molecule has 0 aromatic heterocycles. The zero-order valence-electron chi connectivity index (χ0n) is 18.2. The van der Waals surface area contributed by atoms with E-state index in [0.29, 0.717) is 24.1 Å². The van der Waals surface area contributed by atoms with E-state index in [-0.39, 0.29) is 47.1 Å². The number of nitrogens with zero attached hydrogens (tertiary/aromatic N) is 3. The van der Waals surface area contributed by atoms with Crippen LogP contribution in [-0.2, 0) is 19.1 Å². The minimum Gasteiger partial charge on any atom is -0.452 e. The number of amides is 3. The van der Waals surface area contributed by atoms with Crippen molar-refractivity contribution in [2.45, 2.75) is 37.4 Å². The first-order valence-electron chi connectivity index (χ1n) is 10.9. The Morgan fingerprint density at radius 3 is 2.66 bits per heavy atom. The number of rotatable bonds is 6. The van der Waals surface area contributed by atoms with Crippen molar-refractivity contribution in [1.29, 1.82) is 0 Å². The van der Waals surface area contributed by atoms with Crippen LogP contribution >= 0.6 is 11.6 Å². The molecule has 3 amide bonds. The summed E-state index contributed by atoms with van der Waals surface area (Å²) in [6.45, 7) is -0.777. The Kier molecular flexibility index (Phi) is 5.43. The molecule has 1 atom stereocenters. The Labute approximate surface area is 203 Å². The van der Waals surface area contributed by atoms with Gasteiger partial charge in [-0.2, -0.15) is 0 Å². The lowest BCUT2D eigenvalue weighted by Gasteiger charge is -2.48. The van der Waals surface area contributed by atoms with Crippen molar-refractivity contribution < 1.29 is 28.8 Å². The number of nitrogens with one attached hydrogen (secondary N) is 1. The topological polar surface area (TPSA) is 139 Å². The Bertz CT molecular complexity index is 1290. The number of halogens is 1. The molecule has 0 radical (unpaired) electrons. The highest BCUT2D eigenvalue weighted by Gasteiger charge is 2.64. The van der Waals surface area contributed by atoms with Crippen LogP contribution in [0.5, 0.6) is 0 Å². The van der Waals surface area contributed by atoms with E-state index in [9.17, 15) is 29.3 Å². The second-order valence-electron chi connectivity index (χ2n) is 8.51. The van der Waals surface area contributed by atoms with Gasteiger partial charge in [0.05, 0.1) is 16.2 Å². The number of nitro benzene ring substituents is 1. The molecule has 2 aromatic carbocycles. The molecule has 5 rings (SSSR count). The largest absolute Gasteiger partial charge is 0.452 e. The van der Waals surface area contributed by atoms with Crippen molar-refractivity contribution in [3.8, 4) is 0 Å². The summed E-state index contributed by atoms with van der Waals surface area (Å²) in [5.74, 6) is -2.44. The molecule has 3 aliphatic rings. The van der Waals surface area contributed by atoms with Gasteiger partial charge in [-0.05, 0) is 37.1 Å². The van der Waals surface area contributed by atoms with Crippen LogP contribution in [0, 0.1) is 10.1 Å². The van der Waals surface area contributed by atoms with Crippen LogP contribution in [0.2, 0.25) is 5.02 Å². The SMILES string of the molecule is O=C(COC(=O)C12CCC(=O)N1c1ccccc1C(=O)N2C1CC1)Nc1cc(Cl)ccc1[N+](=O)[O-]. The van der Waals surface area contributed by atoms with E-state index < -0.39 is 29.1 Å². The molecule has 1 N–H and O–H groups in total. The zero-order chi connectivity index (χ0) is 24.9. The third-order valence-corrected chi connectivity index (χ3v) is 6.54. The van der Waals surface area contributed by atoms with E-state index in [1.165, 1.54) is 21.9 Å². The van der Waals surface area contributed by atoms with Crippen molar-refractivity contribution in [3.05, 3.63) is 63.2 Å². The highest BCUT2D eigenvalue weighted by Crippen LogP contribution is 2.49. The Morgan fingerprint density at radius 2 is 1.94 bits per heavy atom. The summed E-state index contributed by atoms with van der Waals surface area (Å²) in [7, 11) is 0. The lowest BCUT2D eigenvalue weighted by Crippen LogP contribution is -2.69. The second-order valence-corrected chi connectivity index (χ2v) is 8.95. The number of carbonyl (C=O) groups is 4. The minimum atomic E-state index is -1.69. The van der Waals surface area contributed by atoms with Crippen LogP contribution in [0.15, 0.2) is 42.5 Å². The van der Waals surface area contributed by atoms with Gasteiger partial charge < -0.3 is 15.0 Å². The lowest BCUT2D eigenvalue weighted by atomic mass is 9.96. The average molecular weight is 499 g/mol. The molecule has 2 fully saturated rings. The third-order valence-electron chi connectivity index (χ3n) is 6.30. The fourth-order valence-electron chi connectivity index (χ4n) is 4.71. The van der Waals surface area contributed by atoms with E-state index in [4.69, 9.17) is 16.3 Å². The van der Waals surface area contributed by atoms with E-state index in [0.717, 1.165) is 6.07 Å². The van der Waals surface area contributed by atoms with Crippen LogP contribution in [0.3, 0.4) is 0 Å². The second kappa shape index (κ2) is 8.35. The van der Waals surface area contributed by atoms with Gasteiger partial charge in [-0.1, -0.05) is 23.7 Å². The molecule has 2 aromatic rings.